The van der Waals surface area contributed by atoms with Crippen LogP contribution in [0.1, 0.15) is 46.0 Å². The molecule has 0 aliphatic heterocycles. The lowest BCUT2D eigenvalue weighted by Crippen LogP contribution is -2.44. The van der Waals surface area contributed by atoms with E-state index in [1.54, 1.807) is 0 Å². The highest BCUT2D eigenvalue weighted by Gasteiger charge is 2.19. The van der Waals surface area contributed by atoms with Gasteiger partial charge in [-0.15, -0.1) is 0 Å². The van der Waals surface area contributed by atoms with Gasteiger partial charge in [-0.2, -0.15) is 0 Å². The van der Waals surface area contributed by atoms with Crippen molar-refractivity contribution in [3.8, 4) is 0 Å². The van der Waals surface area contributed by atoms with Gasteiger partial charge < -0.3 is 10.6 Å². The number of carbonyl (C=O) groups is 1. The molecule has 1 aliphatic rings. The molecule has 1 atom stereocenters. The highest BCUT2D eigenvalue weighted by Crippen LogP contribution is 2.25. The molecule has 0 aromatic rings. The van der Waals surface area contributed by atoms with Crippen LogP contribution >= 0.6 is 0 Å². The molecule has 1 rings (SSSR count). The predicted molar refractivity (Wildman–Crippen MR) is 62.7 cm³/mol. The minimum absolute atomic E-state index is 0.0394. The SMILES string of the molecule is CCCCNC(=O)C(C)NCC1CCC1. The summed E-state index contributed by atoms with van der Waals surface area (Å²) < 4.78 is 0. The molecule has 0 radical (unpaired) electrons. The van der Waals surface area contributed by atoms with E-state index in [1.165, 1.54) is 19.3 Å². The number of hydrogen-bond donors (Lipinski definition) is 2. The highest BCUT2D eigenvalue weighted by molar-refractivity contribution is 5.81. The first-order chi connectivity index (χ1) is 7.24. The normalized spacial score (nSPS) is 18.3. The lowest BCUT2D eigenvalue weighted by Gasteiger charge is -2.27. The standard InChI is InChI=1S/C12H24N2O/c1-3-4-8-13-12(15)10(2)14-9-11-6-5-7-11/h10-11,14H,3-9H2,1-2H3,(H,13,15). The lowest BCUT2D eigenvalue weighted by atomic mass is 9.85. The second kappa shape index (κ2) is 6.83. The molecule has 1 amide bonds. The van der Waals surface area contributed by atoms with Crippen LogP contribution in [0.15, 0.2) is 0 Å². The molecule has 1 fully saturated rings. The lowest BCUT2D eigenvalue weighted by molar-refractivity contribution is -0.122. The molecule has 0 heterocycles. The molecule has 2 N–H and O–H groups in total. The van der Waals surface area contributed by atoms with Crippen LogP contribution in [0, 0.1) is 5.92 Å². The molecule has 0 spiro atoms. The van der Waals surface area contributed by atoms with Crippen LogP contribution in [-0.2, 0) is 4.79 Å². The molecule has 1 aliphatic carbocycles. The first-order valence-corrected chi connectivity index (χ1v) is 6.25. The molecule has 88 valence electrons. The molecule has 0 saturated heterocycles. The van der Waals surface area contributed by atoms with Gasteiger partial charge in [0, 0.05) is 6.54 Å². The van der Waals surface area contributed by atoms with E-state index in [4.69, 9.17) is 0 Å². The largest absolute Gasteiger partial charge is 0.355 e. The van der Waals surface area contributed by atoms with Gasteiger partial charge in [0.1, 0.15) is 0 Å². The summed E-state index contributed by atoms with van der Waals surface area (Å²) in [6.07, 6.45) is 6.23. The number of unbranched alkanes of at least 4 members (excludes halogenated alkanes) is 1. The van der Waals surface area contributed by atoms with Crippen molar-refractivity contribution in [1.29, 1.82) is 0 Å². The maximum atomic E-state index is 11.6. The Morgan fingerprint density at radius 1 is 1.47 bits per heavy atom. The zero-order valence-corrected chi connectivity index (χ0v) is 10.0. The zero-order chi connectivity index (χ0) is 11.1. The number of carbonyl (C=O) groups excluding carboxylic acids is 1. The van der Waals surface area contributed by atoms with Crippen LogP contribution in [-0.4, -0.2) is 25.0 Å². The third-order valence-corrected chi connectivity index (χ3v) is 3.16. The van der Waals surface area contributed by atoms with E-state index in [0.29, 0.717) is 0 Å². The van der Waals surface area contributed by atoms with E-state index in [1.807, 2.05) is 6.92 Å². The Labute approximate surface area is 93.0 Å². The molecule has 0 aromatic heterocycles. The van der Waals surface area contributed by atoms with E-state index in [9.17, 15) is 4.79 Å². The fraction of sp³-hybridized carbons (Fsp3) is 0.917. The average molecular weight is 212 g/mol. The Bertz CT molecular complexity index is 190. The zero-order valence-electron chi connectivity index (χ0n) is 10.0. The summed E-state index contributed by atoms with van der Waals surface area (Å²) in [6, 6.07) is -0.0394. The number of nitrogens with one attached hydrogen (secondary N) is 2. The van der Waals surface area contributed by atoms with E-state index in [2.05, 4.69) is 17.6 Å². The van der Waals surface area contributed by atoms with E-state index in [0.717, 1.165) is 31.8 Å². The fourth-order valence-electron chi connectivity index (χ4n) is 1.67. The van der Waals surface area contributed by atoms with Crippen LogP contribution in [0.25, 0.3) is 0 Å². The summed E-state index contributed by atoms with van der Waals surface area (Å²) in [4.78, 5) is 11.6. The first kappa shape index (κ1) is 12.5. The van der Waals surface area contributed by atoms with Gasteiger partial charge in [-0.05, 0) is 38.6 Å². The van der Waals surface area contributed by atoms with Crippen molar-refractivity contribution in [2.24, 2.45) is 5.92 Å². The Balaban J connectivity index is 2.03. The second-order valence-corrected chi connectivity index (χ2v) is 4.57. The topological polar surface area (TPSA) is 41.1 Å². The van der Waals surface area contributed by atoms with Gasteiger partial charge in [0.15, 0.2) is 0 Å². The van der Waals surface area contributed by atoms with Crippen LogP contribution in [0.2, 0.25) is 0 Å². The third-order valence-electron chi connectivity index (χ3n) is 3.16. The summed E-state index contributed by atoms with van der Waals surface area (Å²) >= 11 is 0. The van der Waals surface area contributed by atoms with Gasteiger partial charge >= 0.3 is 0 Å². The van der Waals surface area contributed by atoms with Gasteiger partial charge in [-0.1, -0.05) is 19.8 Å². The molecular weight excluding hydrogens is 188 g/mol. The van der Waals surface area contributed by atoms with E-state index < -0.39 is 0 Å². The third kappa shape index (κ3) is 4.65. The Morgan fingerprint density at radius 2 is 2.20 bits per heavy atom. The van der Waals surface area contributed by atoms with E-state index in [-0.39, 0.29) is 11.9 Å². The van der Waals surface area contributed by atoms with Crippen LogP contribution in [0.4, 0.5) is 0 Å². The minimum atomic E-state index is -0.0394. The monoisotopic (exact) mass is 212 g/mol. The number of hydrogen-bond acceptors (Lipinski definition) is 2. The number of rotatable bonds is 7. The molecule has 0 bridgehead atoms. The predicted octanol–water partition coefficient (Wildman–Crippen LogP) is 1.68. The van der Waals surface area contributed by atoms with Crippen molar-refractivity contribution in [3.63, 3.8) is 0 Å². The highest BCUT2D eigenvalue weighted by atomic mass is 16.2. The van der Waals surface area contributed by atoms with Gasteiger partial charge in [-0.3, -0.25) is 4.79 Å². The molecule has 1 saturated carbocycles. The average Bonchev–Trinajstić information content (AvgIpc) is 2.15. The summed E-state index contributed by atoms with van der Waals surface area (Å²) in [5, 5.41) is 6.24. The summed E-state index contributed by atoms with van der Waals surface area (Å²) in [5.41, 5.74) is 0. The smallest absolute Gasteiger partial charge is 0.236 e. The van der Waals surface area contributed by atoms with Crippen molar-refractivity contribution in [2.45, 2.75) is 52.0 Å². The van der Waals surface area contributed by atoms with Crippen molar-refractivity contribution in [2.75, 3.05) is 13.1 Å². The Morgan fingerprint density at radius 3 is 2.73 bits per heavy atom. The van der Waals surface area contributed by atoms with Crippen molar-refractivity contribution < 1.29 is 4.79 Å². The van der Waals surface area contributed by atoms with Crippen LogP contribution in [0.5, 0.6) is 0 Å². The van der Waals surface area contributed by atoms with Crippen molar-refractivity contribution in [3.05, 3.63) is 0 Å². The molecule has 3 heteroatoms. The quantitative estimate of drug-likeness (QED) is 0.630. The van der Waals surface area contributed by atoms with Gasteiger partial charge in [0.2, 0.25) is 5.91 Å². The summed E-state index contributed by atoms with van der Waals surface area (Å²) in [6.45, 7) is 5.89. The Hall–Kier alpha value is -0.570. The molecule has 0 aromatic carbocycles. The second-order valence-electron chi connectivity index (χ2n) is 4.57. The number of amides is 1. The van der Waals surface area contributed by atoms with Gasteiger partial charge in [0.05, 0.1) is 6.04 Å². The summed E-state index contributed by atoms with van der Waals surface area (Å²) in [5.74, 6) is 0.957. The van der Waals surface area contributed by atoms with Crippen LogP contribution < -0.4 is 10.6 Å². The van der Waals surface area contributed by atoms with Crippen LogP contribution in [0.3, 0.4) is 0 Å². The molecule has 1 unspecified atom stereocenters. The maximum Gasteiger partial charge on any atom is 0.236 e. The maximum absolute atomic E-state index is 11.6. The fourth-order valence-corrected chi connectivity index (χ4v) is 1.67. The van der Waals surface area contributed by atoms with Crippen molar-refractivity contribution >= 4 is 5.91 Å². The molecule has 3 nitrogen and oxygen atoms in total. The molecular formula is C12H24N2O. The van der Waals surface area contributed by atoms with Crippen molar-refractivity contribution in [1.82, 2.24) is 10.6 Å². The van der Waals surface area contributed by atoms with Gasteiger partial charge in [-0.25, -0.2) is 0 Å². The minimum Gasteiger partial charge on any atom is -0.355 e. The first-order valence-electron chi connectivity index (χ1n) is 6.25. The van der Waals surface area contributed by atoms with E-state index >= 15 is 0 Å². The Kier molecular flexibility index (Phi) is 5.69. The summed E-state index contributed by atoms with van der Waals surface area (Å²) in [7, 11) is 0. The van der Waals surface area contributed by atoms with Gasteiger partial charge in [0.25, 0.3) is 0 Å². The molecule has 15 heavy (non-hydrogen) atoms.